The van der Waals surface area contributed by atoms with Crippen LogP contribution in [0.4, 0.5) is 0 Å². The van der Waals surface area contributed by atoms with Crippen LogP contribution in [0.1, 0.15) is 44.6 Å². The van der Waals surface area contributed by atoms with E-state index < -0.39 is 0 Å². The van der Waals surface area contributed by atoms with Crippen LogP contribution >= 0.6 is 0 Å². The molecule has 0 N–H and O–H groups in total. The van der Waals surface area contributed by atoms with Gasteiger partial charge in [-0.05, 0) is 38.2 Å². The topological polar surface area (TPSA) is 34.1 Å². The summed E-state index contributed by atoms with van der Waals surface area (Å²) in [5.74, 6) is 0.0894. The van der Waals surface area contributed by atoms with Crippen LogP contribution in [0.3, 0.4) is 0 Å². The van der Waals surface area contributed by atoms with Crippen molar-refractivity contribution in [3.8, 4) is 0 Å². The SMILES string of the molecule is CC1=C(C(=O)CCCc2ccccc2)C(=O)CCC1. The van der Waals surface area contributed by atoms with Crippen molar-refractivity contribution in [3.05, 3.63) is 47.0 Å². The zero-order chi connectivity index (χ0) is 13.7. The van der Waals surface area contributed by atoms with E-state index in [-0.39, 0.29) is 11.6 Å². The van der Waals surface area contributed by atoms with Crippen LogP contribution in [0.2, 0.25) is 0 Å². The van der Waals surface area contributed by atoms with Crippen LogP contribution in [0.5, 0.6) is 0 Å². The molecular formula is C17H20O2. The molecule has 0 heterocycles. The van der Waals surface area contributed by atoms with Gasteiger partial charge in [-0.15, -0.1) is 0 Å². The maximum Gasteiger partial charge on any atom is 0.166 e. The first kappa shape index (κ1) is 13.7. The summed E-state index contributed by atoms with van der Waals surface area (Å²) in [6.45, 7) is 1.92. The van der Waals surface area contributed by atoms with Crippen molar-refractivity contribution in [1.82, 2.24) is 0 Å². The van der Waals surface area contributed by atoms with Gasteiger partial charge in [0.25, 0.3) is 0 Å². The molecule has 0 unspecified atom stereocenters. The third-order valence-electron chi connectivity index (χ3n) is 3.65. The van der Waals surface area contributed by atoms with Crippen LogP contribution in [0.25, 0.3) is 0 Å². The van der Waals surface area contributed by atoms with E-state index in [0.717, 1.165) is 31.3 Å². The number of aryl methyl sites for hydroxylation is 1. The number of carbonyl (C=O) groups excluding carboxylic acids is 2. The molecule has 0 bridgehead atoms. The number of hydrogen-bond donors (Lipinski definition) is 0. The molecular weight excluding hydrogens is 236 g/mol. The number of hydrogen-bond acceptors (Lipinski definition) is 2. The normalized spacial score (nSPS) is 15.7. The molecule has 100 valence electrons. The predicted octanol–water partition coefficient (Wildman–Crippen LogP) is 3.65. The third kappa shape index (κ3) is 3.63. The van der Waals surface area contributed by atoms with E-state index in [9.17, 15) is 9.59 Å². The fourth-order valence-electron chi connectivity index (χ4n) is 2.62. The molecule has 19 heavy (non-hydrogen) atoms. The third-order valence-corrected chi connectivity index (χ3v) is 3.65. The highest BCUT2D eigenvalue weighted by Gasteiger charge is 2.23. The molecule has 2 heteroatoms. The number of allylic oxidation sites excluding steroid dienone is 2. The molecule has 0 amide bonds. The lowest BCUT2D eigenvalue weighted by Crippen LogP contribution is -2.18. The number of ketones is 2. The maximum atomic E-state index is 12.1. The van der Waals surface area contributed by atoms with Gasteiger partial charge in [0.05, 0.1) is 5.57 Å². The second-order valence-electron chi connectivity index (χ2n) is 5.19. The Hall–Kier alpha value is -1.70. The van der Waals surface area contributed by atoms with E-state index in [4.69, 9.17) is 0 Å². The molecule has 1 aromatic carbocycles. The van der Waals surface area contributed by atoms with E-state index in [1.165, 1.54) is 5.56 Å². The minimum absolute atomic E-state index is 0.0399. The first-order valence-corrected chi connectivity index (χ1v) is 6.98. The van der Waals surface area contributed by atoms with E-state index in [1.807, 2.05) is 25.1 Å². The molecule has 0 saturated heterocycles. The van der Waals surface area contributed by atoms with E-state index in [0.29, 0.717) is 18.4 Å². The molecule has 0 radical (unpaired) electrons. The Morgan fingerprint density at radius 2 is 1.89 bits per heavy atom. The molecule has 0 aromatic heterocycles. The lowest BCUT2D eigenvalue weighted by Gasteiger charge is -2.15. The highest BCUT2D eigenvalue weighted by molar-refractivity contribution is 6.21. The quantitative estimate of drug-likeness (QED) is 0.754. The number of rotatable bonds is 5. The van der Waals surface area contributed by atoms with Gasteiger partial charge in [-0.25, -0.2) is 0 Å². The van der Waals surface area contributed by atoms with Crippen molar-refractivity contribution < 1.29 is 9.59 Å². The van der Waals surface area contributed by atoms with E-state index >= 15 is 0 Å². The van der Waals surface area contributed by atoms with Gasteiger partial charge < -0.3 is 0 Å². The number of Topliss-reactive ketones (excluding diaryl/α,β-unsaturated/α-hetero) is 2. The summed E-state index contributed by atoms with van der Waals surface area (Å²) in [5, 5.41) is 0. The summed E-state index contributed by atoms with van der Waals surface area (Å²) in [7, 11) is 0. The monoisotopic (exact) mass is 256 g/mol. The summed E-state index contributed by atoms with van der Waals surface area (Å²) in [6, 6.07) is 10.1. The van der Waals surface area contributed by atoms with Gasteiger partial charge in [0.1, 0.15) is 0 Å². The Morgan fingerprint density at radius 3 is 2.58 bits per heavy atom. The first-order valence-electron chi connectivity index (χ1n) is 6.98. The van der Waals surface area contributed by atoms with Crippen molar-refractivity contribution in [3.63, 3.8) is 0 Å². The highest BCUT2D eigenvalue weighted by Crippen LogP contribution is 2.23. The van der Waals surface area contributed by atoms with Gasteiger partial charge >= 0.3 is 0 Å². The van der Waals surface area contributed by atoms with Gasteiger partial charge in [0.15, 0.2) is 11.6 Å². The first-order chi connectivity index (χ1) is 9.18. The zero-order valence-corrected chi connectivity index (χ0v) is 11.4. The van der Waals surface area contributed by atoms with Crippen LogP contribution in [0, 0.1) is 0 Å². The Labute approximate surface area is 114 Å². The van der Waals surface area contributed by atoms with Crippen molar-refractivity contribution in [1.29, 1.82) is 0 Å². The van der Waals surface area contributed by atoms with Gasteiger partial charge in [0, 0.05) is 12.8 Å². The molecule has 0 spiro atoms. The summed E-state index contributed by atoms with van der Waals surface area (Å²) in [5.41, 5.74) is 2.73. The highest BCUT2D eigenvalue weighted by atomic mass is 16.1. The fraction of sp³-hybridized carbons (Fsp3) is 0.412. The van der Waals surface area contributed by atoms with Crippen molar-refractivity contribution >= 4 is 11.6 Å². The maximum absolute atomic E-state index is 12.1. The molecule has 2 nitrogen and oxygen atoms in total. The summed E-state index contributed by atoms with van der Waals surface area (Å²) >= 11 is 0. The largest absolute Gasteiger partial charge is 0.294 e. The molecule has 1 aromatic rings. The zero-order valence-electron chi connectivity index (χ0n) is 11.4. The average Bonchev–Trinajstić information content (AvgIpc) is 2.40. The Kier molecular flexibility index (Phi) is 4.67. The van der Waals surface area contributed by atoms with Crippen molar-refractivity contribution in [2.24, 2.45) is 0 Å². The number of carbonyl (C=O) groups is 2. The smallest absolute Gasteiger partial charge is 0.166 e. The van der Waals surface area contributed by atoms with Gasteiger partial charge in [-0.2, -0.15) is 0 Å². The Bertz CT molecular complexity index is 497. The second-order valence-corrected chi connectivity index (χ2v) is 5.19. The van der Waals surface area contributed by atoms with Gasteiger partial charge in [-0.1, -0.05) is 35.9 Å². The van der Waals surface area contributed by atoms with Crippen LogP contribution in [0.15, 0.2) is 41.5 Å². The fourth-order valence-corrected chi connectivity index (χ4v) is 2.62. The van der Waals surface area contributed by atoms with Crippen LogP contribution in [-0.2, 0) is 16.0 Å². The minimum atomic E-state index is 0.0399. The molecule has 0 atom stereocenters. The summed E-state index contributed by atoms with van der Waals surface area (Å²) < 4.78 is 0. The Balaban J connectivity index is 1.89. The predicted molar refractivity (Wildman–Crippen MR) is 75.9 cm³/mol. The van der Waals surface area contributed by atoms with Crippen LogP contribution in [-0.4, -0.2) is 11.6 Å². The molecule has 0 aliphatic heterocycles. The summed E-state index contributed by atoms with van der Waals surface area (Å²) in [4.78, 5) is 23.9. The van der Waals surface area contributed by atoms with Crippen molar-refractivity contribution in [2.75, 3.05) is 0 Å². The van der Waals surface area contributed by atoms with Gasteiger partial charge in [-0.3, -0.25) is 9.59 Å². The molecule has 0 fully saturated rings. The van der Waals surface area contributed by atoms with E-state index in [1.54, 1.807) is 0 Å². The standard InChI is InChI=1S/C17H20O2/c1-13-7-5-11-15(18)17(13)16(19)12-6-10-14-8-3-2-4-9-14/h2-4,8-9H,5-7,10-12H2,1H3. The lowest BCUT2D eigenvalue weighted by molar-refractivity contribution is -0.122. The molecule has 1 aliphatic carbocycles. The average molecular weight is 256 g/mol. The molecule has 2 rings (SSSR count). The lowest BCUT2D eigenvalue weighted by atomic mass is 9.87. The van der Waals surface area contributed by atoms with Crippen LogP contribution < -0.4 is 0 Å². The molecule has 0 saturated carbocycles. The molecule has 1 aliphatic rings. The number of benzene rings is 1. The van der Waals surface area contributed by atoms with E-state index in [2.05, 4.69) is 12.1 Å². The minimum Gasteiger partial charge on any atom is -0.294 e. The van der Waals surface area contributed by atoms with Crippen molar-refractivity contribution in [2.45, 2.75) is 45.4 Å². The van der Waals surface area contributed by atoms with Gasteiger partial charge in [0.2, 0.25) is 0 Å². The summed E-state index contributed by atoms with van der Waals surface area (Å²) in [6.07, 6.45) is 4.52. The Morgan fingerprint density at radius 1 is 1.16 bits per heavy atom. The second kappa shape index (κ2) is 6.46.